The molecule has 0 radical (unpaired) electrons. The number of para-hydroxylation sites is 1. The number of benzene rings is 1. The number of nitrogens with two attached hydrogens (primary N) is 1. The van der Waals surface area contributed by atoms with Gasteiger partial charge < -0.3 is 10.2 Å². The Balaban J connectivity index is 2.26. The van der Waals surface area contributed by atoms with Gasteiger partial charge in [-0.1, -0.05) is 38.5 Å². The quantitative estimate of drug-likeness (QED) is 0.788. The third-order valence-corrected chi connectivity index (χ3v) is 4.35. The molecule has 2 aromatic rings. The first-order valence-electron chi connectivity index (χ1n) is 8.14. The average Bonchev–Trinajstić information content (AvgIpc) is 2.87. The molecule has 3 heteroatoms. The van der Waals surface area contributed by atoms with E-state index in [1.807, 2.05) is 18.2 Å². The highest BCUT2D eigenvalue weighted by atomic mass is 16.3. The van der Waals surface area contributed by atoms with Gasteiger partial charge in [0.2, 0.25) is 0 Å². The predicted molar refractivity (Wildman–Crippen MR) is 89.2 cm³/mol. The maximum atomic E-state index is 6.07. The van der Waals surface area contributed by atoms with Crippen LogP contribution in [0.2, 0.25) is 0 Å². The fourth-order valence-electron chi connectivity index (χ4n) is 2.76. The number of rotatable bonds is 8. The second-order valence-electron chi connectivity index (χ2n) is 5.79. The van der Waals surface area contributed by atoms with E-state index in [9.17, 15) is 0 Å². The van der Waals surface area contributed by atoms with Crippen molar-refractivity contribution in [2.45, 2.75) is 59.2 Å². The molecule has 0 saturated heterocycles. The molecule has 2 rings (SSSR count). The zero-order chi connectivity index (χ0) is 15.2. The summed E-state index contributed by atoms with van der Waals surface area (Å²) in [4.78, 5) is 2.51. The molecule has 1 unspecified atom stereocenters. The third-order valence-electron chi connectivity index (χ3n) is 4.35. The van der Waals surface area contributed by atoms with E-state index in [4.69, 9.17) is 10.2 Å². The SMILES string of the molecule is CCCCN(Cc1oc2ccccc2c1CN)C(C)CC. The van der Waals surface area contributed by atoms with Crippen molar-refractivity contribution < 1.29 is 4.42 Å². The van der Waals surface area contributed by atoms with Crippen LogP contribution in [0.5, 0.6) is 0 Å². The molecule has 0 aliphatic heterocycles. The summed E-state index contributed by atoms with van der Waals surface area (Å²) in [5.74, 6) is 1.04. The third kappa shape index (κ3) is 3.66. The molecule has 0 aliphatic rings. The largest absolute Gasteiger partial charge is 0.459 e. The molecule has 0 fully saturated rings. The minimum absolute atomic E-state index is 0.536. The Morgan fingerprint density at radius 2 is 2.00 bits per heavy atom. The maximum Gasteiger partial charge on any atom is 0.134 e. The van der Waals surface area contributed by atoms with E-state index in [1.165, 1.54) is 12.8 Å². The average molecular weight is 288 g/mol. The van der Waals surface area contributed by atoms with Crippen molar-refractivity contribution in [2.24, 2.45) is 5.73 Å². The van der Waals surface area contributed by atoms with E-state index < -0.39 is 0 Å². The molecular formula is C18H28N2O. The molecule has 1 aromatic carbocycles. The van der Waals surface area contributed by atoms with Gasteiger partial charge in [0.1, 0.15) is 11.3 Å². The van der Waals surface area contributed by atoms with Gasteiger partial charge in [-0.15, -0.1) is 0 Å². The summed E-state index contributed by atoms with van der Waals surface area (Å²) >= 11 is 0. The normalized spacial score (nSPS) is 13.2. The van der Waals surface area contributed by atoms with Gasteiger partial charge >= 0.3 is 0 Å². The van der Waals surface area contributed by atoms with Crippen molar-refractivity contribution in [1.82, 2.24) is 4.90 Å². The van der Waals surface area contributed by atoms with E-state index in [1.54, 1.807) is 0 Å². The first-order valence-corrected chi connectivity index (χ1v) is 8.14. The van der Waals surface area contributed by atoms with E-state index in [-0.39, 0.29) is 0 Å². The predicted octanol–water partition coefficient (Wildman–Crippen LogP) is 4.29. The fourth-order valence-corrected chi connectivity index (χ4v) is 2.76. The van der Waals surface area contributed by atoms with Crippen molar-refractivity contribution in [3.63, 3.8) is 0 Å². The molecule has 0 aliphatic carbocycles. The van der Waals surface area contributed by atoms with E-state index in [0.29, 0.717) is 12.6 Å². The molecule has 1 heterocycles. The Bertz CT molecular complexity index is 561. The lowest BCUT2D eigenvalue weighted by Crippen LogP contribution is -2.33. The minimum Gasteiger partial charge on any atom is -0.459 e. The second kappa shape index (κ2) is 7.62. The second-order valence-corrected chi connectivity index (χ2v) is 5.79. The lowest BCUT2D eigenvalue weighted by atomic mass is 10.1. The zero-order valence-electron chi connectivity index (χ0n) is 13.6. The summed E-state index contributed by atoms with van der Waals surface area (Å²) in [5, 5.41) is 1.16. The summed E-state index contributed by atoms with van der Waals surface area (Å²) in [6, 6.07) is 8.75. The van der Waals surface area contributed by atoms with Gasteiger partial charge in [0.25, 0.3) is 0 Å². The Morgan fingerprint density at radius 3 is 2.67 bits per heavy atom. The Kier molecular flexibility index (Phi) is 5.83. The zero-order valence-corrected chi connectivity index (χ0v) is 13.6. The number of unbranched alkanes of at least 4 members (excludes halogenated alkanes) is 1. The van der Waals surface area contributed by atoms with Gasteiger partial charge in [0, 0.05) is 23.5 Å². The van der Waals surface area contributed by atoms with Crippen molar-refractivity contribution in [3.8, 4) is 0 Å². The molecule has 2 N–H and O–H groups in total. The van der Waals surface area contributed by atoms with Crippen LogP contribution in [0.3, 0.4) is 0 Å². The van der Waals surface area contributed by atoms with Crippen LogP contribution in [0.1, 0.15) is 51.4 Å². The van der Waals surface area contributed by atoms with E-state index in [2.05, 4.69) is 31.7 Å². The van der Waals surface area contributed by atoms with Gasteiger partial charge in [0.15, 0.2) is 0 Å². The topological polar surface area (TPSA) is 42.4 Å². The summed E-state index contributed by atoms with van der Waals surface area (Å²) in [5.41, 5.74) is 8.08. The number of furan rings is 1. The van der Waals surface area contributed by atoms with Crippen LogP contribution in [0, 0.1) is 0 Å². The lowest BCUT2D eigenvalue weighted by Gasteiger charge is -2.27. The first-order chi connectivity index (χ1) is 10.2. The van der Waals surface area contributed by atoms with Gasteiger partial charge in [-0.25, -0.2) is 0 Å². The van der Waals surface area contributed by atoms with Crippen molar-refractivity contribution in [2.75, 3.05) is 6.54 Å². The number of fused-ring (bicyclic) bond motifs is 1. The molecule has 116 valence electrons. The Labute approximate surface area is 128 Å². The molecule has 1 aromatic heterocycles. The van der Waals surface area contributed by atoms with Gasteiger partial charge in [0.05, 0.1) is 6.54 Å². The summed E-state index contributed by atoms with van der Waals surface area (Å²) in [6.07, 6.45) is 3.60. The first kappa shape index (κ1) is 16.1. The Morgan fingerprint density at radius 1 is 1.24 bits per heavy atom. The minimum atomic E-state index is 0.536. The van der Waals surface area contributed by atoms with E-state index >= 15 is 0 Å². The van der Waals surface area contributed by atoms with Crippen molar-refractivity contribution >= 4 is 11.0 Å². The van der Waals surface area contributed by atoms with Crippen LogP contribution in [-0.4, -0.2) is 17.5 Å². The van der Waals surface area contributed by atoms with Crippen LogP contribution in [0.4, 0.5) is 0 Å². The lowest BCUT2D eigenvalue weighted by molar-refractivity contribution is 0.179. The summed E-state index contributed by atoms with van der Waals surface area (Å²) in [7, 11) is 0. The number of hydrogen-bond donors (Lipinski definition) is 1. The van der Waals surface area contributed by atoms with Crippen molar-refractivity contribution in [3.05, 3.63) is 35.6 Å². The van der Waals surface area contributed by atoms with Crippen LogP contribution in [0.15, 0.2) is 28.7 Å². The summed E-state index contributed by atoms with van der Waals surface area (Å²) < 4.78 is 6.07. The monoisotopic (exact) mass is 288 g/mol. The molecule has 0 amide bonds. The highest BCUT2D eigenvalue weighted by Crippen LogP contribution is 2.27. The number of nitrogens with zero attached hydrogens (tertiary/aromatic N) is 1. The summed E-state index contributed by atoms with van der Waals surface area (Å²) in [6.45, 7) is 9.28. The molecule has 21 heavy (non-hydrogen) atoms. The van der Waals surface area contributed by atoms with Crippen LogP contribution in [-0.2, 0) is 13.1 Å². The molecule has 1 atom stereocenters. The molecule has 0 saturated carbocycles. The number of hydrogen-bond acceptors (Lipinski definition) is 3. The molecular weight excluding hydrogens is 260 g/mol. The molecule has 0 bridgehead atoms. The molecule has 3 nitrogen and oxygen atoms in total. The standard InChI is InChI=1S/C18H28N2O/c1-4-6-11-20(14(3)5-2)13-18-16(12-19)15-9-7-8-10-17(15)21-18/h7-10,14H,4-6,11-13,19H2,1-3H3. The van der Waals surface area contributed by atoms with Gasteiger partial charge in [-0.2, -0.15) is 0 Å². The van der Waals surface area contributed by atoms with Crippen LogP contribution in [0.25, 0.3) is 11.0 Å². The van der Waals surface area contributed by atoms with Gasteiger partial charge in [-0.3, -0.25) is 4.90 Å². The molecule has 0 spiro atoms. The highest BCUT2D eigenvalue weighted by Gasteiger charge is 2.18. The van der Waals surface area contributed by atoms with E-state index in [0.717, 1.165) is 41.8 Å². The van der Waals surface area contributed by atoms with Crippen LogP contribution < -0.4 is 5.73 Å². The van der Waals surface area contributed by atoms with Crippen molar-refractivity contribution in [1.29, 1.82) is 0 Å². The van der Waals surface area contributed by atoms with Gasteiger partial charge in [-0.05, 0) is 32.4 Å². The maximum absolute atomic E-state index is 6.07. The fraction of sp³-hybridized carbons (Fsp3) is 0.556. The smallest absolute Gasteiger partial charge is 0.134 e. The highest BCUT2D eigenvalue weighted by molar-refractivity contribution is 5.82. The van der Waals surface area contributed by atoms with Crippen LogP contribution >= 0.6 is 0 Å². The Hall–Kier alpha value is -1.32.